The van der Waals surface area contributed by atoms with Gasteiger partial charge in [-0.15, -0.1) is 0 Å². The third-order valence-electron chi connectivity index (χ3n) is 4.69. The Balaban J connectivity index is 1.94. The van der Waals surface area contributed by atoms with E-state index in [-0.39, 0.29) is 17.2 Å². The van der Waals surface area contributed by atoms with Crippen LogP contribution in [0.15, 0.2) is 33.9 Å². The minimum Gasteiger partial charge on any atom is -0.310 e. The molecule has 0 atom stereocenters. The van der Waals surface area contributed by atoms with E-state index in [2.05, 4.69) is 4.98 Å². The van der Waals surface area contributed by atoms with Crippen molar-refractivity contribution < 1.29 is 0 Å². The summed E-state index contributed by atoms with van der Waals surface area (Å²) in [4.78, 5) is 32.3. The molecule has 3 aromatic rings. The van der Waals surface area contributed by atoms with Crippen LogP contribution in [0.2, 0.25) is 5.02 Å². The summed E-state index contributed by atoms with van der Waals surface area (Å²) in [5, 5.41) is 0.667. The van der Waals surface area contributed by atoms with E-state index in [9.17, 15) is 9.59 Å². The summed E-state index contributed by atoms with van der Waals surface area (Å²) in [7, 11) is 1.66. The lowest BCUT2D eigenvalue weighted by Gasteiger charge is -2.15. The number of hydrogen-bond donors (Lipinski definition) is 0. The zero-order valence-electron chi connectivity index (χ0n) is 14.9. The van der Waals surface area contributed by atoms with Gasteiger partial charge in [-0.1, -0.05) is 25.4 Å². The molecule has 1 aliphatic rings. The average molecular weight is 374 g/mol. The molecule has 0 unspecified atom stereocenters. The number of aromatic nitrogens is 4. The Bertz CT molecular complexity index is 1110. The summed E-state index contributed by atoms with van der Waals surface area (Å²) in [5.74, 6) is 0.876. The summed E-state index contributed by atoms with van der Waals surface area (Å²) in [6.07, 6.45) is 0. The Labute approximate surface area is 155 Å². The highest BCUT2D eigenvalue weighted by Gasteiger charge is 2.28. The minimum atomic E-state index is -0.328. The molecule has 2 aromatic heterocycles. The Morgan fingerprint density at radius 2 is 1.85 bits per heavy atom. The van der Waals surface area contributed by atoms with Crippen LogP contribution in [0.1, 0.15) is 13.8 Å². The molecule has 0 radical (unpaired) electrons. The third kappa shape index (κ3) is 2.46. The zero-order chi connectivity index (χ0) is 18.6. The topological polar surface area (TPSA) is 65.1 Å². The van der Waals surface area contributed by atoms with Gasteiger partial charge in [-0.25, -0.2) is 4.79 Å². The summed E-state index contributed by atoms with van der Waals surface area (Å²) in [6.45, 7) is 5.72. The van der Waals surface area contributed by atoms with Crippen LogP contribution in [0.3, 0.4) is 0 Å². The fourth-order valence-corrected chi connectivity index (χ4v) is 3.60. The molecule has 0 aliphatic carbocycles. The van der Waals surface area contributed by atoms with E-state index in [0.717, 1.165) is 5.69 Å². The second-order valence-electron chi connectivity index (χ2n) is 7.01. The van der Waals surface area contributed by atoms with Gasteiger partial charge in [-0.05, 0) is 30.2 Å². The van der Waals surface area contributed by atoms with Crippen molar-refractivity contribution >= 4 is 34.4 Å². The maximum absolute atomic E-state index is 13.0. The molecule has 0 fully saturated rings. The lowest BCUT2D eigenvalue weighted by atomic mass is 10.2. The van der Waals surface area contributed by atoms with Gasteiger partial charge in [0.05, 0.1) is 0 Å². The SMILES string of the molecule is CC(C)Cn1c(=O)c2c(nc3n2CCN3c2ccc(Cl)cc2)n(C)c1=O. The first-order valence-electron chi connectivity index (χ1n) is 8.61. The van der Waals surface area contributed by atoms with Gasteiger partial charge in [0.2, 0.25) is 5.95 Å². The number of rotatable bonds is 3. The molecule has 0 N–H and O–H groups in total. The molecule has 26 heavy (non-hydrogen) atoms. The molecule has 1 aliphatic heterocycles. The van der Waals surface area contributed by atoms with E-state index < -0.39 is 0 Å². The number of halogens is 1. The Hall–Kier alpha value is -2.54. The fourth-order valence-electron chi connectivity index (χ4n) is 3.47. The number of fused-ring (bicyclic) bond motifs is 3. The molecule has 136 valence electrons. The third-order valence-corrected chi connectivity index (χ3v) is 4.94. The molecule has 7 nitrogen and oxygen atoms in total. The van der Waals surface area contributed by atoms with Crippen molar-refractivity contribution in [1.82, 2.24) is 18.7 Å². The summed E-state index contributed by atoms with van der Waals surface area (Å²) in [6, 6.07) is 7.50. The molecule has 0 amide bonds. The van der Waals surface area contributed by atoms with Crippen LogP contribution in [0.4, 0.5) is 11.6 Å². The van der Waals surface area contributed by atoms with E-state index in [1.807, 2.05) is 47.6 Å². The Kier molecular flexibility index (Phi) is 3.91. The largest absolute Gasteiger partial charge is 0.332 e. The molecular formula is C18H20ClN5O2. The number of hydrogen-bond acceptors (Lipinski definition) is 4. The molecule has 0 saturated carbocycles. The van der Waals surface area contributed by atoms with Crippen molar-refractivity contribution in [1.29, 1.82) is 0 Å². The molecular weight excluding hydrogens is 354 g/mol. The highest BCUT2D eigenvalue weighted by atomic mass is 35.5. The molecule has 0 saturated heterocycles. The second-order valence-corrected chi connectivity index (χ2v) is 7.45. The first-order valence-corrected chi connectivity index (χ1v) is 8.99. The monoisotopic (exact) mass is 373 g/mol. The van der Waals surface area contributed by atoms with Crippen molar-refractivity contribution in [3.05, 3.63) is 50.1 Å². The first-order chi connectivity index (χ1) is 12.4. The number of anilines is 2. The Morgan fingerprint density at radius 1 is 1.15 bits per heavy atom. The van der Waals surface area contributed by atoms with Gasteiger partial charge in [0.1, 0.15) is 0 Å². The fraction of sp³-hybridized carbons (Fsp3) is 0.389. The molecule has 0 spiro atoms. The molecule has 8 heteroatoms. The molecule has 4 rings (SSSR count). The van der Waals surface area contributed by atoms with Crippen LogP contribution in [-0.4, -0.2) is 25.2 Å². The Morgan fingerprint density at radius 3 is 2.50 bits per heavy atom. The van der Waals surface area contributed by atoms with Crippen molar-refractivity contribution in [2.24, 2.45) is 13.0 Å². The van der Waals surface area contributed by atoms with Crippen LogP contribution in [0, 0.1) is 5.92 Å². The number of imidazole rings is 1. The second kappa shape index (κ2) is 6.02. The molecule has 1 aromatic carbocycles. The van der Waals surface area contributed by atoms with Crippen LogP contribution in [0.25, 0.3) is 11.2 Å². The smallest absolute Gasteiger partial charge is 0.310 e. The van der Waals surface area contributed by atoms with E-state index in [4.69, 9.17) is 11.6 Å². The van der Waals surface area contributed by atoms with Gasteiger partial charge in [0.15, 0.2) is 11.2 Å². The van der Waals surface area contributed by atoms with Crippen LogP contribution < -0.4 is 16.1 Å². The maximum atomic E-state index is 13.0. The number of benzene rings is 1. The highest BCUT2D eigenvalue weighted by molar-refractivity contribution is 6.30. The van der Waals surface area contributed by atoms with E-state index in [1.165, 1.54) is 9.13 Å². The van der Waals surface area contributed by atoms with Gasteiger partial charge >= 0.3 is 5.69 Å². The van der Waals surface area contributed by atoms with Crippen LogP contribution in [-0.2, 0) is 20.1 Å². The first kappa shape index (κ1) is 16.9. The predicted molar refractivity (Wildman–Crippen MR) is 103 cm³/mol. The van der Waals surface area contributed by atoms with Gasteiger partial charge in [0.25, 0.3) is 5.56 Å². The van der Waals surface area contributed by atoms with E-state index in [1.54, 1.807) is 7.05 Å². The number of aryl methyl sites for hydroxylation is 1. The van der Waals surface area contributed by atoms with Gasteiger partial charge in [0, 0.05) is 37.4 Å². The minimum absolute atomic E-state index is 0.199. The van der Waals surface area contributed by atoms with E-state index >= 15 is 0 Å². The standard InChI is InChI=1S/C18H20ClN5O2/c1-11(2)10-24-16(25)14-15(21(3)18(24)26)20-17-22(8-9-23(14)17)13-6-4-12(19)5-7-13/h4-7,11H,8-10H2,1-3H3. The normalized spacial score (nSPS) is 13.8. The maximum Gasteiger partial charge on any atom is 0.332 e. The predicted octanol–water partition coefficient (Wildman–Crippen LogP) is 2.36. The summed E-state index contributed by atoms with van der Waals surface area (Å²) >= 11 is 5.98. The molecule has 0 bridgehead atoms. The van der Waals surface area contributed by atoms with Crippen molar-refractivity contribution in [3.63, 3.8) is 0 Å². The van der Waals surface area contributed by atoms with Gasteiger partial charge in [-0.3, -0.25) is 13.9 Å². The van der Waals surface area contributed by atoms with Gasteiger partial charge < -0.3 is 9.47 Å². The highest BCUT2D eigenvalue weighted by Crippen LogP contribution is 2.32. The zero-order valence-corrected chi connectivity index (χ0v) is 15.7. The van der Waals surface area contributed by atoms with E-state index in [0.29, 0.717) is 41.8 Å². The summed E-state index contributed by atoms with van der Waals surface area (Å²) < 4.78 is 4.68. The average Bonchev–Trinajstić information content (AvgIpc) is 3.16. The number of nitrogens with zero attached hydrogens (tertiary/aromatic N) is 5. The van der Waals surface area contributed by atoms with Gasteiger partial charge in [-0.2, -0.15) is 4.98 Å². The van der Waals surface area contributed by atoms with Crippen molar-refractivity contribution in [2.45, 2.75) is 26.9 Å². The van der Waals surface area contributed by atoms with Crippen LogP contribution in [0.5, 0.6) is 0 Å². The van der Waals surface area contributed by atoms with Crippen molar-refractivity contribution in [2.75, 3.05) is 11.4 Å². The lowest BCUT2D eigenvalue weighted by molar-refractivity contribution is 0.484. The lowest BCUT2D eigenvalue weighted by Crippen LogP contribution is -2.40. The van der Waals surface area contributed by atoms with Crippen molar-refractivity contribution in [3.8, 4) is 0 Å². The van der Waals surface area contributed by atoms with Crippen LogP contribution >= 0.6 is 11.6 Å². The summed E-state index contributed by atoms with van der Waals surface area (Å²) in [5.41, 5.74) is 1.27. The molecule has 3 heterocycles. The quantitative estimate of drug-likeness (QED) is 0.707.